The molecule has 1 saturated heterocycles. The van der Waals surface area contributed by atoms with Crippen molar-refractivity contribution in [3.63, 3.8) is 0 Å². The third kappa shape index (κ3) is 7.48. The van der Waals surface area contributed by atoms with Gasteiger partial charge in [-0.05, 0) is 57.1 Å². The average Bonchev–Trinajstić information content (AvgIpc) is 2.81. The van der Waals surface area contributed by atoms with E-state index >= 15 is 0 Å². The number of ether oxygens (including phenoxy) is 1. The lowest BCUT2D eigenvalue weighted by molar-refractivity contribution is -0.138. The van der Waals surface area contributed by atoms with Crippen LogP contribution in [0.5, 0.6) is 5.75 Å². The highest BCUT2D eigenvalue weighted by molar-refractivity contribution is 5.92. The summed E-state index contributed by atoms with van der Waals surface area (Å²) in [4.78, 5) is 27.0. The lowest BCUT2D eigenvalue weighted by atomic mass is 10.1. The second kappa shape index (κ2) is 10.2. The first-order chi connectivity index (χ1) is 12.8. The van der Waals surface area contributed by atoms with Gasteiger partial charge in [-0.25, -0.2) is 0 Å². The molecule has 150 valence electrons. The molecule has 0 radical (unpaired) electrons. The molecule has 2 rings (SSSR count). The third-order valence-electron chi connectivity index (χ3n) is 4.53. The molecular formula is C18H25F2N3O4. The molecule has 1 amide bonds. The van der Waals surface area contributed by atoms with Crippen LogP contribution >= 0.6 is 0 Å². The number of amides is 1. The highest BCUT2D eigenvalue weighted by Crippen LogP contribution is 2.18. The average molecular weight is 385 g/mol. The van der Waals surface area contributed by atoms with E-state index in [9.17, 15) is 18.4 Å². The Kier molecular flexibility index (Phi) is 7.93. The number of benzene rings is 1. The zero-order valence-electron chi connectivity index (χ0n) is 15.2. The van der Waals surface area contributed by atoms with Gasteiger partial charge in [0.05, 0.1) is 13.1 Å². The van der Waals surface area contributed by atoms with E-state index in [1.54, 1.807) is 0 Å². The Morgan fingerprint density at radius 2 is 2.00 bits per heavy atom. The zero-order chi connectivity index (χ0) is 19.8. The predicted octanol–water partition coefficient (Wildman–Crippen LogP) is 2.10. The first-order valence-corrected chi connectivity index (χ1v) is 8.82. The first kappa shape index (κ1) is 21.0. The number of carboxylic acid groups (broad SMARTS) is 1. The summed E-state index contributed by atoms with van der Waals surface area (Å²) in [6, 6.07) is 5.95. The first-order valence-electron chi connectivity index (χ1n) is 8.82. The predicted molar refractivity (Wildman–Crippen MR) is 96.0 cm³/mol. The van der Waals surface area contributed by atoms with Crippen molar-refractivity contribution in [3.05, 3.63) is 24.3 Å². The third-order valence-corrected chi connectivity index (χ3v) is 4.53. The van der Waals surface area contributed by atoms with Gasteiger partial charge in [0.25, 0.3) is 0 Å². The molecule has 1 aliphatic rings. The van der Waals surface area contributed by atoms with Gasteiger partial charge in [0, 0.05) is 18.3 Å². The van der Waals surface area contributed by atoms with E-state index in [-0.39, 0.29) is 30.8 Å². The number of likely N-dealkylation sites (N-methyl/N-ethyl adjacent to an activating group) is 1. The lowest BCUT2D eigenvalue weighted by Crippen LogP contribution is -2.37. The minimum Gasteiger partial charge on any atom is -0.480 e. The van der Waals surface area contributed by atoms with Crippen LogP contribution < -0.4 is 10.1 Å². The maximum Gasteiger partial charge on any atom is 0.387 e. The van der Waals surface area contributed by atoms with E-state index in [1.165, 1.54) is 24.3 Å². The number of rotatable bonds is 8. The van der Waals surface area contributed by atoms with Crippen molar-refractivity contribution in [2.24, 2.45) is 0 Å². The summed E-state index contributed by atoms with van der Waals surface area (Å²) in [5.41, 5.74) is 0.510. The van der Waals surface area contributed by atoms with Gasteiger partial charge in [0.15, 0.2) is 0 Å². The van der Waals surface area contributed by atoms with E-state index in [0.717, 1.165) is 25.8 Å². The highest BCUT2D eigenvalue weighted by Gasteiger charge is 2.22. The molecule has 9 heteroatoms. The van der Waals surface area contributed by atoms with Crippen LogP contribution in [0.4, 0.5) is 14.5 Å². The van der Waals surface area contributed by atoms with Gasteiger partial charge in [-0.2, -0.15) is 8.78 Å². The number of anilines is 1. The number of nitrogens with one attached hydrogen (secondary N) is 1. The van der Waals surface area contributed by atoms with Gasteiger partial charge < -0.3 is 15.2 Å². The smallest absolute Gasteiger partial charge is 0.387 e. The maximum atomic E-state index is 12.2. The van der Waals surface area contributed by atoms with Crippen molar-refractivity contribution >= 4 is 17.6 Å². The molecule has 0 bridgehead atoms. The van der Waals surface area contributed by atoms with Gasteiger partial charge in [-0.1, -0.05) is 0 Å². The van der Waals surface area contributed by atoms with Crippen LogP contribution in [0.2, 0.25) is 0 Å². The van der Waals surface area contributed by atoms with Crippen molar-refractivity contribution in [2.75, 3.05) is 38.5 Å². The van der Waals surface area contributed by atoms with Crippen LogP contribution in [-0.2, 0) is 9.59 Å². The van der Waals surface area contributed by atoms with Gasteiger partial charge >= 0.3 is 12.6 Å². The number of halogens is 2. The van der Waals surface area contributed by atoms with Crippen molar-refractivity contribution in [1.29, 1.82) is 0 Å². The summed E-state index contributed by atoms with van der Waals surface area (Å²) in [7, 11) is 1.81. The number of hydrogen-bond donors (Lipinski definition) is 2. The van der Waals surface area contributed by atoms with Crippen molar-refractivity contribution in [1.82, 2.24) is 9.80 Å². The largest absolute Gasteiger partial charge is 0.480 e. The summed E-state index contributed by atoms with van der Waals surface area (Å²) in [6.07, 6.45) is 2.59. The molecule has 1 aliphatic heterocycles. The number of likely N-dealkylation sites (tertiary alicyclic amines) is 1. The van der Waals surface area contributed by atoms with Crippen LogP contribution in [0, 0.1) is 0 Å². The molecule has 2 N–H and O–H groups in total. The van der Waals surface area contributed by atoms with Gasteiger partial charge in [0.1, 0.15) is 5.75 Å². The normalized spacial score (nSPS) is 18.3. The monoisotopic (exact) mass is 385 g/mol. The Balaban J connectivity index is 1.79. The van der Waals surface area contributed by atoms with E-state index in [1.807, 2.05) is 16.8 Å². The van der Waals surface area contributed by atoms with Crippen molar-refractivity contribution < 1.29 is 28.2 Å². The van der Waals surface area contributed by atoms with E-state index in [2.05, 4.69) is 10.1 Å². The van der Waals surface area contributed by atoms with E-state index < -0.39 is 12.6 Å². The molecular weight excluding hydrogens is 360 g/mol. The van der Waals surface area contributed by atoms with Crippen molar-refractivity contribution in [2.45, 2.75) is 31.9 Å². The topological polar surface area (TPSA) is 82.1 Å². The molecule has 1 unspecified atom stereocenters. The number of carbonyl (C=O) groups excluding carboxylic acids is 1. The maximum absolute atomic E-state index is 12.2. The Hall–Kier alpha value is -2.26. The summed E-state index contributed by atoms with van der Waals surface area (Å²) in [5.74, 6) is -0.996. The molecule has 1 aromatic rings. The number of nitrogens with zero attached hydrogens (tertiary/aromatic N) is 2. The molecule has 0 spiro atoms. The Morgan fingerprint density at radius 1 is 1.30 bits per heavy atom. The quantitative estimate of drug-likeness (QED) is 0.713. The molecule has 1 heterocycles. The number of aliphatic carboxylic acids is 1. The van der Waals surface area contributed by atoms with Crippen molar-refractivity contribution in [3.8, 4) is 5.75 Å². The molecule has 1 aromatic carbocycles. The fourth-order valence-corrected chi connectivity index (χ4v) is 3.20. The summed E-state index contributed by atoms with van der Waals surface area (Å²) < 4.78 is 28.5. The minimum absolute atomic E-state index is 0.0103. The van der Waals surface area contributed by atoms with Crippen LogP contribution in [0.15, 0.2) is 24.3 Å². The fourth-order valence-electron chi connectivity index (χ4n) is 3.20. The highest BCUT2D eigenvalue weighted by atomic mass is 19.3. The van der Waals surface area contributed by atoms with Crippen LogP contribution in [0.25, 0.3) is 0 Å². The molecule has 1 fully saturated rings. The van der Waals surface area contributed by atoms with Gasteiger partial charge in [-0.3, -0.25) is 19.4 Å². The fraction of sp³-hybridized carbons (Fsp3) is 0.556. The second-order valence-corrected chi connectivity index (χ2v) is 6.62. The SMILES string of the molecule is CN(CC(=O)O)C1CCCN(CC(=O)Nc2ccc(OC(F)F)cc2)CC1. The Bertz CT molecular complexity index is 628. The van der Waals surface area contributed by atoms with Crippen LogP contribution in [0.3, 0.4) is 0 Å². The van der Waals surface area contributed by atoms with Gasteiger partial charge in [0.2, 0.25) is 5.91 Å². The van der Waals surface area contributed by atoms with E-state index in [4.69, 9.17) is 5.11 Å². The molecule has 1 atom stereocenters. The van der Waals surface area contributed by atoms with Crippen LogP contribution in [0.1, 0.15) is 19.3 Å². The molecule has 0 aliphatic carbocycles. The molecule has 27 heavy (non-hydrogen) atoms. The standard InChI is InChI=1S/C18H25F2N3O4/c1-22(12-17(25)26)14-3-2-9-23(10-8-14)11-16(24)21-13-4-6-15(7-5-13)27-18(19)20/h4-7,14,18H,2-3,8-12H2,1H3,(H,21,24)(H,25,26). The van der Waals surface area contributed by atoms with Gasteiger partial charge in [-0.15, -0.1) is 0 Å². The lowest BCUT2D eigenvalue weighted by Gasteiger charge is -2.25. The summed E-state index contributed by atoms with van der Waals surface area (Å²) in [6.45, 7) is -1.16. The minimum atomic E-state index is -2.88. The molecule has 0 aromatic heterocycles. The number of alkyl halides is 2. The second-order valence-electron chi connectivity index (χ2n) is 6.62. The molecule has 7 nitrogen and oxygen atoms in total. The number of hydrogen-bond acceptors (Lipinski definition) is 5. The van der Waals surface area contributed by atoms with Crippen LogP contribution in [-0.4, -0.2) is 72.7 Å². The molecule has 0 saturated carbocycles. The Labute approximate surface area is 156 Å². The summed E-state index contributed by atoms with van der Waals surface area (Å²) in [5, 5.41) is 11.6. The number of carboxylic acids is 1. The Morgan fingerprint density at radius 3 is 2.63 bits per heavy atom. The van der Waals surface area contributed by atoms with E-state index in [0.29, 0.717) is 12.2 Å². The summed E-state index contributed by atoms with van der Waals surface area (Å²) >= 11 is 0. The zero-order valence-corrected chi connectivity index (χ0v) is 15.2. The number of carbonyl (C=O) groups is 2.